The van der Waals surface area contributed by atoms with Crippen LogP contribution in [0.3, 0.4) is 0 Å². The van der Waals surface area contributed by atoms with Crippen molar-refractivity contribution >= 4 is 34.2 Å². The van der Waals surface area contributed by atoms with Gasteiger partial charge in [0.25, 0.3) is 0 Å². The second kappa shape index (κ2) is 5.79. The van der Waals surface area contributed by atoms with E-state index in [-0.39, 0.29) is 5.91 Å². The molecule has 1 N–H and O–H groups in total. The lowest BCUT2D eigenvalue weighted by molar-refractivity contribution is -0.113. The number of amides is 1. The number of carbonyl (C=O) groups excluding carboxylic acids is 1. The van der Waals surface area contributed by atoms with Gasteiger partial charge in [-0.15, -0.1) is 0 Å². The van der Waals surface area contributed by atoms with Crippen LogP contribution in [0.15, 0.2) is 18.2 Å². The Balaban J connectivity index is 2.88. The van der Waals surface area contributed by atoms with E-state index in [1.165, 1.54) is 0 Å². The Kier molecular flexibility index (Phi) is 4.67. The molecule has 0 atom stereocenters. The van der Waals surface area contributed by atoms with Crippen LogP contribution in [0.4, 0.5) is 5.69 Å². The van der Waals surface area contributed by atoms with Gasteiger partial charge >= 0.3 is 0 Å². The second-order valence-electron chi connectivity index (χ2n) is 2.75. The molecule has 0 fully saturated rings. The van der Waals surface area contributed by atoms with Gasteiger partial charge in [0.2, 0.25) is 5.91 Å². The molecule has 0 saturated carbocycles. The van der Waals surface area contributed by atoms with Crippen LogP contribution in [0.2, 0.25) is 0 Å². The summed E-state index contributed by atoms with van der Waals surface area (Å²) in [5.74, 6) is 1.21. The molecule has 0 unspecified atom stereocenters. The van der Waals surface area contributed by atoms with Crippen molar-refractivity contribution in [2.45, 2.75) is 0 Å². The lowest BCUT2D eigenvalue weighted by Gasteiger charge is -2.09. The van der Waals surface area contributed by atoms with Gasteiger partial charge in [-0.2, -0.15) is 0 Å². The van der Waals surface area contributed by atoms with E-state index in [1.807, 2.05) is 22.6 Å². The van der Waals surface area contributed by atoms with E-state index in [0.717, 1.165) is 0 Å². The van der Waals surface area contributed by atoms with Crippen LogP contribution < -0.4 is 14.8 Å². The van der Waals surface area contributed by atoms with Crippen molar-refractivity contribution in [1.29, 1.82) is 0 Å². The molecule has 15 heavy (non-hydrogen) atoms. The second-order valence-corrected chi connectivity index (χ2v) is 3.51. The zero-order chi connectivity index (χ0) is 11.3. The van der Waals surface area contributed by atoms with Gasteiger partial charge in [0.1, 0.15) is 0 Å². The van der Waals surface area contributed by atoms with E-state index in [1.54, 1.807) is 32.4 Å². The molecule has 1 rings (SSSR count). The minimum atomic E-state index is -0.0391. The fourth-order valence-electron chi connectivity index (χ4n) is 1.11. The van der Waals surface area contributed by atoms with E-state index in [4.69, 9.17) is 9.47 Å². The van der Waals surface area contributed by atoms with Crippen molar-refractivity contribution in [2.75, 3.05) is 24.0 Å². The molecule has 0 heterocycles. The van der Waals surface area contributed by atoms with Crippen LogP contribution in [0.5, 0.6) is 11.5 Å². The lowest BCUT2D eigenvalue weighted by atomic mass is 10.2. The number of nitrogens with one attached hydrogen (secondary N) is 1. The Bertz CT molecular complexity index is 355. The fourth-order valence-corrected chi connectivity index (χ4v) is 1.30. The van der Waals surface area contributed by atoms with Crippen LogP contribution in [0, 0.1) is 0 Å². The summed E-state index contributed by atoms with van der Waals surface area (Å²) in [5, 5.41) is 2.74. The monoisotopic (exact) mass is 321 g/mol. The first-order valence-electron chi connectivity index (χ1n) is 4.29. The van der Waals surface area contributed by atoms with Crippen LogP contribution in [-0.4, -0.2) is 24.6 Å². The first kappa shape index (κ1) is 12.1. The number of alkyl halides is 1. The quantitative estimate of drug-likeness (QED) is 0.682. The summed E-state index contributed by atoms with van der Waals surface area (Å²) in [7, 11) is 3.13. The average Bonchev–Trinajstić information content (AvgIpc) is 2.28. The SMILES string of the molecule is COc1ccc(NC(=O)CI)cc1OC. The summed E-state index contributed by atoms with van der Waals surface area (Å²) >= 11 is 2.00. The minimum absolute atomic E-state index is 0.0391. The van der Waals surface area contributed by atoms with Crippen molar-refractivity contribution in [3.05, 3.63) is 18.2 Å². The Morgan fingerprint density at radius 1 is 1.33 bits per heavy atom. The predicted octanol–water partition coefficient (Wildman–Crippen LogP) is 2.08. The maximum atomic E-state index is 11.1. The number of hydrogen-bond acceptors (Lipinski definition) is 3. The van der Waals surface area contributed by atoms with Crippen LogP contribution in [-0.2, 0) is 4.79 Å². The average molecular weight is 321 g/mol. The first-order chi connectivity index (χ1) is 7.21. The highest BCUT2D eigenvalue weighted by molar-refractivity contribution is 14.1. The first-order valence-corrected chi connectivity index (χ1v) is 5.81. The van der Waals surface area contributed by atoms with Gasteiger partial charge in [-0.05, 0) is 12.1 Å². The van der Waals surface area contributed by atoms with Gasteiger partial charge in [-0.25, -0.2) is 0 Å². The number of carbonyl (C=O) groups is 1. The van der Waals surface area contributed by atoms with E-state index in [9.17, 15) is 4.79 Å². The van der Waals surface area contributed by atoms with Crippen molar-refractivity contribution in [2.24, 2.45) is 0 Å². The highest BCUT2D eigenvalue weighted by Crippen LogP contribution is 2.29. The highest BCUT2D eigenvalue weighted by Gasteiger charge is 2.06. The van der Waals surface area contributed by atoms with E-state index in [0.29, 0.717) is 21.6 Å². The standard InChI is InChI=1S/C10H12INO3/c1-14-8-4-3-7(5-9(8)15-2)12-10(13)6-11/h3-5H,6H2,1-2H3,(H,12,13). The fraction of sp³-hybridized carbons (Fsp3) is 0.300. The molecule has 0 aliphatic carbocycles. The van der Waals surface area contributed by atoms with Gasteiger partial charge in [-0.3, -0.25) is 4.79 Å². The number of benzene rings is 1. The summed E-state index contributed by atoms with van der Waals surface area (Å²) < 4.78 is 10.6. The minimum Gasteiger partial charge on any atom is -0.493 e. The molecule has 0 saturated heterocycles. The van der Waals surface area contributed by atoms with Gasteiger partial charge in [0.05, 0.1) is 18.6 Å². The normalized spacial score (nSPS) is 9.53. The predicted molar refractivity (Wildman–Crippen MR) is 67.1 cm³/mol. The van der Waals surface area contributed by atoms with E-state index >= 15 is 0 Å². The molecule has 0 aliphatic rings. The zero-order valence-corrected chi connectivity index (χ0v) is 10.7. The Labute approximate surface area is 102 Å². The van der Waals surface area contributed by atoms with Gasteiger partial charge in [0, 0.05) is 11.8 Å². The van der Waals surface area contributed by atoms with Crippen LogP contribution >= 0.6 is 22.6 Å². The molecule has 1 aromatic carbocycles. The largest absolute Gasteiger partial charge is 0.493 e. The summed E-state index contributed by atoms with van der Waals surface area (Å²) in [6.45, 7) is 0. The number of rotatable bonds is 4. The number of methoxy groups -OCH3 is 2. The molecule has 5 heteroatoms. The molecule has 82 valence electrons. The van der Waals surface area contributed by atoms with E-state index in [2.05, 4.69) is 5.32 Å². The van der Waals surface area contributed by atoms with Gasteiger partial charge < -0.3 is 14.8 Å². The molecular weight excluding hydrogens is 309 g/mol. The molecular formula is C10H12INO3. The Hall–Kier alpha value is -0.980. The Morgan fingerprint density at radius 3 is 2.53 bits per heavy atom. The summed E-state index contributed by atoms with van der Waals surface area (Å²) in [4.78, 5) is 11.1. The zero-order valence-electron chi connectivity index (χ0n) is 8.54. The lowest BCUT2D eigenvalue weighted by Crippen LogP contribution is -2.12. The summed E-state index contributed by atoms with van der Waals surface area (Å²) in [6, 6.07) is 5.25. The van der Waals surface area contributed by atoms with Crippen LogP contribution in [0.1, 0.15) is 0 Å². The van der Waals surface area contributed by atoms with Crippen molar-refractivity contribution < 1.29 is 14.3 Å². The smallest absolute Gasteiger partial charge is 0.234 e. The van der Waals surface area contributed by atoms with Gasteiger partial charge in [0.15, 0.2) is 11.5 Å². The Morgan fingerprint density at radius 2 is 2.00 bits per heavy atom. The van der Waals surface area contributed by atoms with Crippen molar-refractivity contribution in [3.63, 3.8) is 0 Å². The van der Waals surface area contributed by atoms with Crippen LogP contribution in [0.25, 0.3) is 0 Å². The van der Waals surface area contributed by atoms with Crippen molar-refractivity contribution in [3.8, 4) is 11.5 Å². The summed E-state index contributed by atoms with van der Waals surface area (Å²) in [6.07, 6.45) is 0. The maximum absolute atomic E-state index is 11.1. The number of halogens is 1. The van der Waals surface area contributed by atoms with Crippen molar-refractivity contribution in [1.82, 2.24) is 0 Å². The molecule has 0 radical (unpaired) electrons. The summed E-state index contributed by atoms with van der Waals surface area (Å²) in [5.41, 5.74) is 0.703. The molecule has 0 bridgehead atoms. The number of anilines is 1. The number of ether oxygens (including phenoxy) is 2. The molecule has 0 aromatic heterocycles. The van der Waals surface area contributed by atoms with Gasteiger partial charge in [-0.1, -0.05) is 22.6 Å². The third kappa shape index (κ3) is 3.26. The molecule has 0 spiro atoms. The third-order valence-corrected chi connectivity index (χ3v) is 2.48. The third-order valence-electron chi connectivity index (χ3n) is 1.79. The van der Waals surface area contributed by atoms with E-state index < -0.39 is 0 Å². The molecule has 1 aromatic rings. The highest BCUT2D eigenvalue weighted by atomic mass is 127. The molecule has 4 nitrogen and oxygen atoms in total. The molecule has 1 amide bonds. The molecule has 0 aliphatic heterocycles. The maximum Gasteiger partial charge on any atom is 0.234 e. The number of hydrogen-bond donors (Lipinski definition) is 1. The topological polar surface area (TPSA) is 47.6 Å².